The van der Waals surface area contributed by atoms with Crippen LogP contribution in [0.25, 0.3) is 160 Å². The molecule has 0 fully saturated rings. The van der Waals surface area contributed by atoms with Gasteiger partial charge in [0.1, 0.15) is 0 Å². The van der Waals surface area contributed by atoms with Crippen LogP contribution in [0.5, 0.6) is 0 Å². The number of allylic oxidation sites excluding steroid dienone is 1. The van der Waals surface area contributed by atoms with Crippen molar-refractivity contribution in [1.82, 2.24) is 4.57 Å². The summed E-state index contributed by atoms with van der Waals surface area (Å²) >= 11 is 3.31. The molecule has 0 bridgehead atoms. The average molecular weight is 1610 g/mol. The van der Waals surface area contributed by atoms with Gasteiger partial charge in [-0.2, -0.15) is 0 Å². The molecule has 0 spiro atoms. The first-order chi connectivity index (χ1) is 59.9. The molecule has 3 aliphatic carbocycles. The van der Waals surface area contributed by atoms with Crippen LogP contribution < -0.4 is 9.80 Å². The normalized spacial score (nSPS) is 11.9. The maximum absolute atomic E-state index is 3.31. The van der Waals surface area contributed by atoms with Gasteiger partial charge >= 0.3 is 0 Å². The van der Waals surface area contributed by atoms with E-state index in [1.165, 1.54) is 182 Å². The number of hydrogen-bond acceptors (Lipinski definition) is 2. The second-order valence-corrected chi connectivity index (χ2v) is 32.4. The molecule has 1 aromatic heterocycles. The van der Waals surface area contributed by atoms with Crippen LogP contribution in [0.3, 0.4) is 0 Å². The van der Waals surface area contributed by atoms with Crippen molar-refractivity contribution in [2.75, 3.05) is 9.80 Å². The minimum Gasteiger partial charge on any atom is -0.311 e. The summed E-state index contributed by atoms with van der Waals surface area (Å²) in [5.41, 5.74) is 37.3. The summed E-state index contributed by atoms with van der Waals surface area (Å²) < 4.78 is 3.59. The first kappa shape index (κ1) is 72.3. The van der Waals surface area contributed by atoms with Gasteiger partial charge in [-0.05, 0) is 270 Å². The topological polar surface area (TPSA) is 11.4 Å². The van der Waals surface area contributed by atoms with Crippen LogP contribution in [0, 0.1) is 0 Å². The zero-order chi connectivity index (χ0) is 80.3. The van der Waals surface area contributed by atoms with E-state index in [1.807, 2.05) is 30.3 Å². The fraction of sp³-hybridized carbons (Fsp3) is 0.00855. The Morgan fingerprint density at radius 1 is 0.223 bits per heavy atom. The van der Waals surface area contributed by atoms with Crippen LogP contribution in [-0.2, 0) is 6.42 Å². The number of para-hydroxylation sites is 1. The lowest BCUT2D eigenvalue weighted by Crippen LogP contribution is -2.09. The molecule has 0 saturated carbocycles. The molecule has 4 heteroatoms. The van der Waals surface area contributed by atoms with E-state index in [9.17, 15) is 0 Å². The van der Waals surface area contributed by atoms with E-state index in [0.29, 0.717) is 0 Å². The summed E-state index contributed by atoms with van der Waals surface area (Å²) in [5.74, 6) is 0. The van der Waals surface area contributed by atoms with Crippen LogP contribution in [0.15, 0.2) is 466 Å². The summed E-state index contributed by atoms with van der Waals surface area (Å²) in [6, 6.07) is 167. The Morgan fingerprint density at radius 3 is 1.02 bits per heavy atom. The molecule has 3 nitrogen and oxygen atoms in total. The van der Waals surface area contributed by atoms with Gasteiger partial charge in [0, 0.05) is 60.8 Å². The summed E-state index contributed by atoms with van der Waals surface area (Å²) in [6.45, 7) is 0. The molecule has 1 heterocycles. The fourth-order valence-electron chi connectivity index (χ4n) is 18.8. The molecule has 0 radical (unpaired) electrons. The second kappa shape index (κ2) is 31.0. The van der Waals surface area contributed by atoms with E-state index < -0.39 is 0 Å². The molecule has 0 unspecified atom stereocenters. The number of anilines is 6. The molecule has 0 saturated heterocycles. The summed E-state index contributed by atoms with van der Waals surface area (Å²) in [6.07, 6.45) is 0.995. The smallest absolute Gasteiger partial charge is 0.0626 e. The van der Waals surface area contributed by atoms with E-state index in [4.69, 9.17) is 0 Å². The standard InChI is InChI=1S/C58H38N2.C53H35N.C6H5Br/c1-3-12-39(13-4-1)40-24-31-47(32-25-40)59(49-35-28-43(29-36-49)51-21-9-15-42-14-7-8-20-50(42)51)48-33-26-41(27-34-48)45-30-37-55-54(38-45)57-52-22-10-16-44-17-11-23-53(56(44)52)58(57)60(55)46-18-5-2-6-19-46;1-2-9-35(10-3-1)36-21-27-43(28-22-36)54(45-31-25-39(26-32-45)47-16-6-12-38-11-4-5-15-46(38)47)44-29-23-37(24-30-44)41-19-20-42-34-51-48-17-7-13-40-14-8-18-49(52(40)48)53(51)50(42)33-41;7-6-4-2-1-3-5-6/h1-38H;1-33H,34H2;1-5H. The SMILES string of the molecule is Brc1ccccc1.c1ccc(-c2ccc(N(c3ccc(-c4ccc5c(c4)C4=C(C5)c5cccc6cccc4c56)cc3)c3ccc(-c4cccc5ccccc45)cc3)cc2)cc1.c1ccc(-c2ccc(N(c3ccc(-c4ccc5c(c4)c4c(n5-c5ccccc5)-c5cccc6cccc-4c56)cc3)c3ccc(-c4cccc5ccccc45)cc3)cc2)cc1. The van der Waals surface area contributed by atoms with Gasteiger partial charge in [-0.25, -0.2) is 0 Å². The predicted octanol–water partition coefficient (Wildman–Crippen LogP) is 32.8. The molecule has 0 atom stereocenters. The first-order valence-electron chi connectivity index (χ1n) is 41.6. The van der Waals surface area contributed by atoms with Crippen molar-refractivity contribution in [3.63, 3.8) is 0 Å². The number of rotatable bonds is 13. The van der Waals surface area contributed by atoms with Crippen molar-refractivity contribution in [2.45, 2.75) is 6.42 Å². The number of halogens is 1. The van der Waals surface area contributed by atoms with Gasteiger partial charge in [0.25, 0.3) is 0 Å². The third-order valence-corrected chi connectivity index (χ3v) is 25.1. The van der Waals surface area contributed by atoms with Crippen LogP contribution in [-0.4, -0.2) is 4.57 Å². The lowest BCUT2D eigenvalue weighted by molar-refractivity contribution is 1.14. The third-order valence-electron chi connectivity index (χ3n) is 24.5. The highest BCUT2D eigenvalue weighted by Gasteiger charge is 2.33. The Bertz CT molecular complexity index is 7510. The molecule has 121 heavy (non-hydrogen) atoms. The van der Waals surface area contributed by atoms with Gasteiger partial charge in [0.05, 0.1) is 11.2 Å². The molecule has 568 valence electrons. The zero-order valence-electron chi connectivity index (χ0n) is 66.3. The van der Waals surface area contributed by atoms with Crippen LogP contribution in [0.4, 0.5) is 34.1 Å². The van der Waals surface area contributed by atoms with Crippen LogP contribution in [0.1, 0.15) is 22.3 Å². The molecule has 21 aromatic rings. The van der Waals surface area contributed by atoms with Crippen molar-refractivity contribution >= 4 is 115 Å². The Balaban J connectivity index is 0.000000135. The first-order valence-corrected chi connectivity index (χ1v) is 42.4. The minimum absolute atomic E-state index is 0.995. The third kappa shape index (κ3) is 13.3. The predicted molar refractivity (Wildman–Crippen MR) is 516 cm³/mol. The average Bonchev–Trinajstić information content (AvgIpc) is 1.54. The quantitative estimate of drug-likeness (QED) is 0.114. The number of benzene rings is 20. The largest absolute Gasteiger partial charge is 0.311 e. The van der Waals surface area contributed by atoms with Gasteiger partial charge in [0.15, 0.2) is 0 Å². The highest BCUT2D eigenvalue weighted by Crippen LogP contribution is 2.55. The number of aromatic nitrogens is 1. The van der Waals surface area contributed by atoms with E-state index >= 15 is 0 Å². The minimum atomic E-state index is 0.995. The Morgan fingerprint density at radius 2 is 0.562 bits per heavy atom. The van der Waals surface area contributed by atoms with Crippen molar-refractivity contribution in [3.8, 4) is 94.8 Å². The van der Waals surface area contributed by atoms with Crippen molar-refractivity contribution in [1.29, 1.82) is 0 Å². The maximum atomic E-state index is 3.31. The molecular weight excluding hydrogens is 1530 g/mol. The van der Waals surface area contributed by atoms with Gasteiger partial charge in [-0.15, -0.1) is 0 Å². The molecule has 3 aliphatic rings. The molecule has 20 aromatic carbocycles. The van der Waals surface area contributed by atoms with E-state index in [2.05, 4.69) is 461 Å². The van der Waals surface area contributed by atoms with Crippen LogP contribution >= 0.6 is 15.9 Å². The number of hydrogen-bond donors (Lipinski definition) is 0. The lowest BCUT2D eigenvalue weighted by Gasteiger charge is -2.26. The summed E-state index contributed by atoms with van der Waals surface area (Å²) in [4.78, 5) is 4.72. The molecular formula is C117H78BrN3. The number of nitrogens with zero attached hydrogens (tertiary/aromatic N) is 3. The molecule has 24 rings (SSSR count). The Labute approximate surface area is 713 Å². The van der Waals surface area contributed by atoms with Crippen LogP contribution in [0.2, 0.25) is 0 Å². The van der Waals surface area contributed by atoms with Gasteiger partial charge in [0.2, 0.25) is 0 Å². The second-order valence-electron chi connectivity index (χ2n) is 31.5. The molecule has 0 amide bonds. The highest BCUT2D eigenvalue weighted by molar-refractivity contribution is 9.10. The zero-order valence-corrected chi connectivity index (χ0v) is 67.9. The summed E-state index contributed by atoms with van der Waals surface area (Å²) in [7, 11) is 0. The lowest BCUT2D eigenvalue weighted by atomic mass is 9.93. The van der Waals surface area contributed by atoms with Gasteiger partial charge in [-0.1, -0.05) is 362 Å². The van der Waals surface area contributed by atoms with E-state index in [1.54, 1.807) is 0 Å². The maximum Gasteiger partial charge on any atom is 0.0626 e. The van der Waals surface area contributed by atoms with Gasteiger partial charge < -0.3 is 14.4 Å². The van der Waals surface area contributed by atoms with E-state index in [-0.39, 0.29) is 0 Å². The monoisotopic (exact) mass is 1600 g/mol. The fourth-order valence-corrected chi connectivity index (χ4v) is 19.1. The molecule has 0 N–H and O–H groups in total. The van der Waals surface area contributed by atoms with Gasteiger partial charge in [-0.3, -0.25) is 0 Å². The van der Waals surface area contributed by atoms with E-state index in [0.717, 1.165) is 45.0 Å². The Kier molecular flexibility index (Phi) is 18.5. The van der Waals surface area contributed by atoms with Crippen molar-refractivity contribution in [2.24, 2.45) is 0 Å². The Hall–Kier alpha value is -15.2. The van der Waals surface area contributed by atoms with Crippen molar-refractivity contribution < 1.29 is 0 Å². The highest BCUT2D eigenvalue weighted by atomic mass is 79.9. The van der Waals surface area contributed by atoms with Crippen molar-refractivity contribution in [3.05, 3.63) is 488 Å². The summed E-state index contributed by atoms with van der Waals surface area (Å²) in [5, 5.41) is 11.7. The number of fused-ring (bicyclic) bond motifs is 11. The molecule has 0 aliphatic heterocycles.